The zero-order valence-electron chi connectivity index (χ0n) is 46.9. The van der Waals surface area contributed by atoms with Gasteiger partial charge in [0, 0.05) is 101 Å². The van der Waals surface area contributed by atoms with Crippen molar-refractivity contribution in [2.75, 3.05) is 123 Å². The van der Waals surface area contributed by atoms with Gasteiger partial charge in [-0.25, -0.2) is 0 Å². The molecule has 4 rings (SSSR count). The van der Waals surface area contributed by atoms with Crippen molar-refractivity contribution < 1.29 is 48.6 Å². The molecule has 1 aromatic heterocycles. The van der Waals surface area contributed by atoms with Crippen molar-refractivity contribution in [2.45, 2.75) is 114 Å². The topological polar surface area (TPSA) is 283 Å². The van der Waals surface area contributed by atoms with Gasteiger partial charge in [-0.05, 0) is 88.4 Å². The number of carbonyl (C=O) groups is 8. The summed E-state index contributed by atoms with van der Waals surface area (Å²) in [5, 5.41) is 31.5. The second-order valence-corrected chi connectivity index (χ2v) is 23.8. The number of carbonyl (C=O) groups excluding carboxylic acids is 6. The highest BCUT2D eigenvalue weighted by atomic mass is 32.2. The lowest BCUT2D eigenvalue weighted by Gasteiger charge is -2.42. The molecule has 22 nitrogen and oxygen atoms in total. The maximum Gasteiger partial charge on any atom is 0.317 e. The van der Waals surface area contributed by atoms with Gasteiger partial charge in [-0.2, -0.15) is 23.5 Å². The molecule has 8 N–H and O–H groups in total. The highest BCUT2D eigenvalue weighted by molar-refractivity contribution is 7.98. The van der Waals surface area contributed by atoms with E-state index >= 15 is 0 Å². The smallest absolute Gasteiger partial charge is 0.317 e. The number of aromatic nitrogens is 1. The molecule has 438 valence electrons. The van der Waals surface area contributed by atoms with E-state index in [0.717, 1.165) is 67.2 Å². The van der Waals surface area contributed by atoms with Crippen LogP contribution in [0.5, 0.6) is 0 Å². The zero-order chi connectivity index (χ0) is 57.2. The fraction of sp³-hybridized carbons (Fsp3) is 0.722. The maximum absolute atomic E-state index is 14.7. The van der Waals surface area contributed by atoms with Gasteiger partial charge < -0.3 is 51.8 Å². The molecule has 1 aromatic rings. The molecule has 3 fully saturated rings. The van der Waals surface area contributed by atoms with E-state index in [0.29, 0.717) is 63.2 Å². The summed E-state index contributed by atoms with van der Waals surface area (Å²) in [7, 11) is 2.16. The maximum atomic E-state index is 14.7. The molecule has 3 saturated heterocycles. The molecule has 3 unspecified atom stereocenters. The summed E-state index contributed by atoms with van der Waals surface area (Å²) in [5.74, 6) is -2.09. The number of nitrogens with one attached hydrogen (secondary N) is 4. The third kappa shape index (κ3) is 23.9. The Labute approximate surface area is 470 Å². The fourth-order valence-corrected chi connectivity index (χ4v) is 11.5. The number of pyridine rings is 1. The summed E-state index contributed by atoms with van der Waals surface area (Å²) >= 11 is 3.37. The van der Waals surface area contributed by atoms with E-state index in [1.165, 1.54) is 0 Å². The quantitative estimate of drug-likeness (QED) is 0.0420. The van der Waals surface area contributed by atoms with Crippen molar-refractivity contribution in [3.8, 4) is 0 Å². The number of piperidine rings is 2. The summed E-state index contributed by atoms with van der Waals surface area (Å²) in [6, 6.07) is 4.44. The fourth-order valence-electron chi connectivity index (χ4n) is 9.79. The van der Waals surface area contributed by atoms with Gasteiger partial charge in [0.15, 0.2) is 0 Å². The van der Waals surface area contributed by atoms with Crippen LogP contribution in [0.2, 0.25) is 0 Å². The second-order valence-electron chi connectivity index (χ2n) is 21.6. The monoisotopic (exact) mass is 1130 g/mol. The molecular weight excluding hydrogens is 1040 g/mol. The van der Waals surface area contributed by atoms with Crippen LogP contribution in [0.25, 0.3) is 0 Å². The molecule has 0 aliphatic carbocycles. The van der Waals surface area contributed by atoms with Crippen LogP contribution in [0.3, 0.4) is 0 Å². The number of carboxylic acid groups (broad SMARTS) is 2. The summed E-state index contributed by atoms with van der Waals surface area (Å²) in [6.07, 6.45) is 4.90. The Morgan fingerprint density at radius 3 is 1.81 bits per heavy atom. The summed E-state index contributed by atoms with van der Waals surface area (Å²) in [5.41, 5.74) is 7.16. The Morgan fingerprint density at radius 2 is 1.31 bits per heavy atom. The SMILES string of the molecule is C=C(CCSCc1cccc(CSCCC(=O)NC2(C(=O)NC(CC(C)C)C(=O)NC(C(N)=O)C(C)CC)CCN(C(=O)CN3CCN(CC=O)CCN(CC(=O)O)CCN(CC(=O)O)CC3)CC2)n1)NC1CCN(C)CC1. The first-order valence-electron chi connectivity index (χ1n) is 27.7. The Morgan fingerprint density at radius 1 is 0.782 bits per heavy atom. The second kappa shape index (κ2) is 34.3. The predicted molar refractivity (Wildman–Crippen MR) is 304 cm³/mol. The molecule has 0 aromatic carbocycles. The Bertz CT molecular complexity index is 2130. The van der Waals surface area contributed by atoms with E-state index in [9.17, 15) is 48.6 Å². The molecule has 3 aliphatic heterocycles. The van der Waals surface area contributed by atoms with Crippen molar-refractivity contribution in [1.82, 2.24) is 55.7 Å². The number of allylic oxidation sites excluding steroid dienone is 1. The van der Waals surface area contributed by atoms with E-state index in [1.807, 2.05) is 67.5 Å². The third-order valence-electron chi connectivity index (χ3n) is 14.8. The van der Waals surface area contributed by atoms with Crippen LogP contribution >= 0.6 is 23.5 Å². The number of carboxylic acids is 2. The Hall–Kier alpha value is -4.85. The highest BCUT2D eigenvalue weighted by Crippen LogP contribution is 2.26. The molecular formula is C54H90N12O10S2. The summed E-state index contributed by atoms with van der Waals surface area (Å²) < 4.78 is 0. The average Bonchev–Trinajstić information content (AvgIpc) is 3.38. The predicted octanol–water partition coefficient (Wildman–Crippen LogP) is 1.14. The van der Waals surface area contributed by atoms with E-state index in [-0.39, 0.29) is 102 Å². The van der Waals surface area contributed by atoms with Crippen molar-refractivity contribution in [1.29, 1.82) is 0 Å². The lowest BCUT2D eigenvalue weighted by atomic mass is 9.85. The minimum absolute atomic E-state index is 0.0408. The highest BCUT2D eigenvalue weighted by Gasteiger charge is 2.45. The van der Waals surface area contributed by atoms with Gasteiger partial charge in [0.1, 0.15) is 23.9 Å². The molecule has 5 amide bonds. The number of hydrogen-bond donors (Lipinski definition) is 7. The number of likely N-dealkylation sites (tertiary alicyclic amines) is 2. The number of aliphatic carboxylic acids is 2. The van der Waals surface area contributed by atoms with Gasteiger partial charge in [-0.1, -0.05) is 46.8 Å². The number of hydrogen-bond acceptors (Lipinski definition) is 17. The van der Waals surface area contributed by atoms with Gasteiger partial charge >= 0.3 is 11.9 Å². The number of rotatable bonds is 30. The van der Waals surface area contributed by atoms with Crippen molar-refractivity contribution in [2.24, 2.45) is 17.6 Å². The van der Waals surface area contributed by atoms with Crippen LogP contribution < -0.4 is 27.0 Å². The molecule has 0 saturated carbocycles. The minimum atomic E-state index is -1.49. The number of thioether (sulfide) groups is 2. The molecule has 24 heteroatoms. The van der Waals surface area contributed by atoms with E-state index in [4.69, 9.17) is 10.7 Å². The van der Waals surface area contributed by atoms with Crippen molar-refractivity contribution in [3.05, 3.63) is 41.9 Å². The normalized spacial score (nSPS) is 19.1. The first kappa shape index (κ1) is 65.7. The first-order valence-corrected chi connectivity index (χ1v) is 30.0. The lowest BCUT2D eigenvalue weighted by molar-refractivity contribution is -0.142. The molecule has 3 aliphatic rings. The minimum Gasteiger partial charge on any atom is -0.480 e. The molecule has 4 heterocycles. The number of amides is 5. The molecule has 0 spiro atoms. The zero-order valence-corrected chi connectivity index (χ0v) is 48.5. The Balaban J connectivity index is 1.43. The van der Waals surface area contributed by atoms with Gasteiger partial charge in [-0.15, -0.1) is 0 Å². The largest absolute Gasteiger partial charge is 0.480 e. The van der Waals surface area contributed by atoms with E-state index in [2.05, 4.69) is 39.8 Å². The van der Waals surface area contributed by atoms with Crippen LogP contribution in [0, 0.1) is 11.8 Å². The molecule has 3 atom stereocenters. The van der Waals surface area contributed by atoms with Crippen LogP contribution in [-0.4, -0.2) is 239 Å². The van der Waals surface area contributed by atoms with Crippen molar-refractivity contribution in [3.63, 3.8) is 0 Å². The Kier molecular flexibility index (Phi) is 28.9. The summed E-state index contributed by atoms with van der Waals surface area (Å²) in [4.78, 5) is 120. The van der Waals surface area contributed by atoms with E-state index < -0.39 is 47.3 Å². The number of nitrogens with two attached hydrogens (primary N) is 1. The van der Waals surface area contributed by atoms with Gasteiger partial charge in [0.25, 0.3) is 0 Å². The first-order chi connectivity index (χ1) is 37.2. The van der Waals surface area contributed by atoms with Crippen LogP contribution in [-0.2, 0) is 49.9 Å². The van der Waals surface area contributed by atoms with Crippen molar-refractivity contribution >= 4 is 71.3 Å². The third-order valence-corrected chi connectivity index (χ3v) is 16.8. The van der Waals surface area contributed by atoms with Gasteiger partial charge in [0.2, 0.25) is 29.5 Å². The standard InChI is InChI=1S/C54H90N12O10S2/c1-7-40(4)50(51(55)74)59-52(75)45(33-39(2)3)58-53(76)54(60-46(68)14-32-78-38-44-10-8-9-43(57-44)37-77-31-13-41(5)56-42-11-17-61(6)18-12-42)15-19-66(20-16-54)47(69)34-63-23-21-62(29-30-67)22-24-64(35-48(70)71)27-28-65(26-25-63)36-49(72)73/h8-10,30,39-40,42,45,50,56H,5,7,11-29,31-38H2,1-4,6H3,(H2,55,74)(H,58,76)(H,59,75)(H,60,68)(H,70,71)(H,72,73). The lowest BCUT2D eigenvalue weighted by Crippen LogP contribution is -2.66. The number of nitrogens with zero attached hydrogens (tertiary/aromatic N) is 7. The molecule has 78 heavy (non-hydrogen) atoms. The molecule has 0 bridgehead atoms. The van der Waals surface area contributed by atoms with Gasteiger partial charge in [0.05, 0.1) is 37.6 Å². The molecule has 0 radical (unpaired) electrons. The van der Waals surface area contributed by atoms with Crippen LogP contribution in [0.4, 0.5) is 0 Å². The van der Waals surface area contributed by atoms with Gasteiger partial charge in [-0.3, -0.25) is 58.1 Å². The average molecular weight is 1130 g/mol. The van der Waals surface area contributed by atoms with Crippen LogP contribution in [0.15, 0.2) is 30.5 Å². The summed E-state index contributed by atoms with van der Waals surface area (Å²) in [6.45, 7) is 16.3. The number of aldehydes is 1. The number of primary amides is 1. The van der Waals surface area contributed by atoms with Crippen LogP contribution in [0.1, 0.15) is 90.4 Å². The van der Waals surface area contributed by atoms with E-state index in [1.54, 1.807) is 26.5 Å².